The van der Waals surface area contributed by atoms with Crippen LogP contribution in [0, 0.1) is 13.8 Å². The van der Waals surface area contributed by atoms with Crippen molar-refractivity contribution in [1.82, 2.24) is 4.98 Å². The first-order valence-corrected chi connectivity index (χ1v) is 11.6. The van der Waals surface area contributed by atoms with E-state index in [1.807, 2.05) is 26.0 Å². The Morgan fingerprint density at radius 3 is 2.38 bits per heavy atom. The first-order chi connectivity index (χ1) is 12.2. The zero-order valence-corrected chi connectivity index (χ0v) is 17.5. The maximum atomic E-state index is 12.7. The number of phenols is 1. The number of aromatic hydroxyl groups is 1. The van der Waals surface area contributed by atoms with Crippen molar-refractivity contribution in [1.29, 1.82) is 0 Å². The van der Waals surface area contributed by atoms with E-state index in [0.29, 0.717) is 5.75 Å². The SMILES string of the molecule is Cc1cc([Se]Cc2[se]c(-c3ccc(C(F)(F)F)cc3)nc2C)ccc1O. The van der Waals surface area contributed by atoms with Crippen LogP contribution in [0.2, 0.25) is 0 Å². The van der Waals surface area contributed by atoms with E-state index in [4.69, 9.17) is 0 Å². The fourth-order valence-corrected chi connectivity index (χ4v) is 7.53. The molecule has 2 aromatic carbocycles. The van der Waals surface area contributed by atoms with Gasteiger partial charge < -0.3 is 0 Å². The average molecular weight is 489 g/mol. The van der Waals surface area contributed by atoms with E-state index in [2.05, 4.69) is 4.98 Å². The van der Waals surface area contributed by atoms with E-state index < -0.39 is 11.7 Å². The molecule has 1 aromatic heterocycles. The summed E-state index contributed by atoms with van der Waals surface area (Å²) in [5, 5.41) is 10.5. The number of benzene rings is 2. The van der Waals surface area contributed by atoms with Gasteiger partial charge >= 0.3 is 162 Å². The van der Waals surface area contributed by atoms with Crippen LogP contribution < -0.4 is 4.46 Å². The Balaban J connectivity index is 1.75. The molecule has 7 heteroatoms. The standard InChI is InChI=1S/C19H16F3NOSe2/c1-11-9-15(7-8-16(11)24)25-10-17-12(2)23-18(26-17)13-3-5-14(6-4-13)19(20,21)22/h3-9,24H,10H2,1-2H3. The molecule has 1 heterocycles. The fourth-order valence-electron chi connectivity index (χ4n) is 2.35. The van der Waals surface area contributed by atoms with Crippen LogP contribution in [0.4, 0.5) is 13.2 Å². The zero-order chi connectivity index (χ0) is 18.9. The predicted molar refractivity (Wildman–Crippen MR) is 98.3 cm³/mol. The van der Waals surface area contributed by atoms with Crippen molar-refractivity contribution < 1.29 is 18.3 Å². The summed E-state index contributed by atoms with van der Waals surface area (Å²) < 4.78 is 41.5. The molecule has 0 aliphatic rings. The average Bonchev–Trinajstić information content (AvgIpc) is 2.96. The number of nitrogens with zero attached hydrogens (tertiary/aromatic N) is 1. The summed E-state index contributed by atoms with van der Waals surface area (Å²) in [7, 11) is 0. The number of aryl methyl sites for hydroxylation is 2. The fraction of sp³-hybridized carbons (Fsp3) is 0.211. The molecular formula is C19H16F3NOSe2. The second-order valence-electron chi connectivity index (χ2n) is 5.84. The van der Waals surface area contributed by atoms with Crippen molar-refractivity contribution in [3.63, 3.8) is 0 Å². The van der Waals surface area contributed by atoms with Gasteiger partial charge in [-0.05, 0) is 0 Å². The van der Waals surface area contributed by atoms with E-state index >= 15 is 0 Å². The van der Waals surface area contributed by atoms with E-state index in [1.165, 1.54) is 21.0 Å². The Kier molecular flexibility index (Phi) is 5.63. The van der Waals surface area contributed by atoms with E-state index in [-0.39, 0.29) is 29.5 Å². The van der Waals surface area contributed by atoms with Crippen LogP contribution in [-0.4, -0.2) is 39.6 Å². The molecule has 1 N–H and O–H groups in total. The summed E-state index contributed by atoms with van der Waals surface area (Å²) in [5.74, 6) is 0.304. The van der Waals surface area contributed by atoms with Gasteiger partial charge in [-0.1, -0.05) is 0 Å². The molecule has 0 atom stereocenters. The number of hydrogen-bond acceptors (Lipinski definition) is 2. The molecule has 2 nitrogen and oxygen atoms in total. The van der Waals surface area contributed by atoms with Gasteiger partial charge in [-0.25, -0.2) is 0 Å². The van der Waals surface area contributed by atoms with E-state index in [0.717, 1.165) is 38.8 Å². The minimum absolute atomic E-state index is 0.0392. The first kappa shape index (κ1) is 19.2. The van der Waals surface area contributed by atoms with Gasteiger partial charge in [-0.3, -0.25) is 0 Å². The molecule has 0 unspecified atom stereocenters. The number of rotatable bonds is 4. The molecule has 136 valence electrons. The van der Waals surface area contributed by atoms with Gasteiger partial charge in [0.2, 0.25) is 0 Å². The van der Waals surface area contributed by atoms with Crippen LogP contribution in [-0.2, 0) is 11.5 Å². The molecule has 0 bridgehead atoms. The number of hydrogen-bond donors (Lipinski definition) is 1. The topological polar surface area (TPSA) is 33.1 Å². The first-order valence-electron chi connectivity index (χ1n) is 7.80. The van der Waals surface area contributed by atoms with Crippen molar-refractivity contribution in [3.8, 4) is 15.9 Å². The summed E-state index contributed by atoms with van der Waals surface area (Å²) in [5.41, 5.74) is 1.98. The molecule has 3 rings (SSSR count). The van der Waals surface area contributed by atoms with Gasteiger partial charge in [-0.2, -0.15) is 0 Å². The van der Waals surface area contributed by atoms with E-state index in [1.54, 1.807) is 6.07 Å². The number of alkyl halides is 3. The molecule has 0 spiro atoms. The van der Waals surface area contributed by atoms with Crippen LogP contribution >= 0.6 is 0 Å². The van der Waals surface area contributed by atoms with Gasteiger partial charge in [-0.15, -0.1) is 0 Å². The second-order valence-corrected chi connectivity index (χ2v) is 10.3. The third-order valence-electron chi connectivity index (χ3n) is 3.89. The summed E-state index contributed by atoms with van der Waals surface area (Å²) in [6.07, 6.45) is -4.31. The summed E-state index contributed by atoms with van der Waals surface area (Å²) in [6.45, 7) is 3.84. The van der Waals surface area contributed by atoms with Crippen molar-refractivity contribution in [2.75, 3.05) is 0 Å². The molecule has 0 radical (unpaired) electrons. The number of halogens is 3. The summed E-state index contributed by atoms with van der Waals surface area (Å²) in [4.78, 5) is 4.59. The molecule has 0 saturated heterocycles. The van der Waals surface area contributed by atoms with Gasteiger partial charge in [0.05, 0.1) is 0 Å². The molecular weight excluding hydrogens is 473 g/mol. The molecule has 0 aliphatic carbocycles. The van der Waals surface area contributed by atoms with Crippen molar-refractivity contribution >= 4 is 33.9 Å². The van der Waals surface area contributed by atoms with Gasteiger partial charge in [0.1, 0.15) is 0 Å². The molecule has 0 amide bonds. The Labute approximate surface area is 162 Å². The zero-order valence-electron chi connectivity index (χ0n) is 14.1. The molecule has 0 saturated carbocycles. The predicted octanol–water partition coefficient (Wildman–Crippen LogP) is 3.68. The van der Waals surface area contributed by atoms with Crippen molar-refractivity contribution in [2.24, 2.45) is 0 Å². The van der Waals surface area contributed by atoms with Crippen molar-refractivity contribution in [3.05, 3.63) is 63.7 Å². The molecule has 3 aromatic rings. The molecule has 0 fully saturated rings. The van der Waals surface area contributed by atoms with Gasteiger partial charge in [0.25, 0.3) is 0 Å². The second kappa shape index (κ2) is 7.61. The molecule has 26 heavy (non-hydrogen) atoms. The summed E-state index contributed by atoms with van der Waals surface area (Å²) >= 11 is 0.277. The molecule has 0 aliphatic heterocycles. The number of aromatic nitrogens is 1. The van der Waals surface area contributed by atoms with E-state index in [9.17, 15) is 18.3 Å². The monoisotopic (exact) mass is 491 g/mol. The van der Waals surface area contributed by atoms with Crippen LogP contribution in [0.25, 0.3) is 10.1 Å². The van der Waals surface area contributed by atoms with Gasteiger partial charge in [0.15, 0.2) is 0 Å². The third-order valence-corrected chi connectivity index (χ3v) is 9.49. The van der Waals surface area contributed by atoms with Crippen molar-refractivity contribution in [2.45, 2.75) is 25.3 Å². The van der Waals surface area contributed by atoms with Gasteiger partial charge in [0, 0.05) is 0 Å². The van der Waals surface area contributed by atoms with Crippen LogP contribution in [0.5, 0.6) is 5.75 Å². The summed E-state index contributed by atoms with van der Waals surface area (Å²) in [6, 6.07) is 10.9. The Morgan fingerprint density at radius 2 is 1.77 bits per heavy atom. The Bertz CT molecular complexity index is 918. The van der Waals surface area contributed by atoms with Crippen LogP contribution in [0.15, 0.2) is 42.5 Å². The van der Waals surface area contributed by atoms with Crippen LogP contribution in [0.1, 0.15) is 21.3 Å². The van der Waals surface area contributed by atoms with Crippen LogP contribution in [0.3, 0.4) is 0 Å². The Morgan fingerprint density at radius 1 is 1.08 bits per heavy atom. The Hall–Kier alpha value is -1.52. The normalized spacial score (nSPS) is 11.7. The number of phenolic OH excluding ortho intramolecular Hbond substituents is 1. The quantitative estimate of drug-likeness (QED) is 0.568. The minimum atomic E-state index is -4.31. The third kappa shape index (κ3) is 4.41. The maximum absolute atomic E-state index is 12.7.